The van der Waals surface area contributed by atoms with Crippen molar-refractivity contribution in [3.05, 3.63) is 58.9 Å². The number of rotatable bonds is 3. The average molecular weight is 321 g/mol. The van der Waals surface area contributed by atoms with Gasteiger partial charge in [0, 0.05) is 11.3 Å². The molecule has 2 aromatic rings. The highest BCUT2D eigenvalue weighted by atomic mass is 35.5. The Morgan fingerprint density at radius 2 is 2.00 bits per heavy atom. The fourth-order valence-corrected chi connectivity index (χ4v) is 2.90. The Hall–Kier alpha value is -2.11. The van der Waals surface area contributed by atoms with Crippen molar-refractivity contribution in [3.63, 3.8) is 0 Å². The van der Waals surface area contributed by atoms with Gasteiger partial charge in [-0.15, -0.1) is 0 Å². The fraction of sp³-hybridized carbons (Fsp3) is 0.188. The molecule has 1 aliphatic heterocycles. The summed E-state index contributed by atoms with van der Waals surface area (Å²) in [5.74, 6) is -0.153. The van der Waals surface area contributed by atoms with Gasteiger partial charge >= 0.3 is 0 Å². The number of carbonyl (C=O) groups excluding carboxylic acids is 1. The lowest BCUT2D eigenvalue weighted by atomic mass is 9.88. The Morgan fingerprint density at radius 3 is 2.64 bits per heavy atom. The highest BCUT2D eigenvalue weighted by Crippen LogP contribution is 2.41. The molecule has 1 saturated heterocycles. The summed E-state index contributed by atoms with van der Waals surface area (Å²) in [7, 11) is 1.51. The van der Waals surface area contributed by atoms with Crippen molar-refractivity contribution < 1.29 is 13.9 Å². The number of hydrogen-bond donors (Lipinski definition) is 1. The summed E-state index contributed by atoms with van der Waals surface area (Å²) in [4.78, 5) is 13.6. The second kappa shape index (κ2) is 5.59. The van der Waals surface area contributed by atoms with Crippen LogP contribution in [0.3, 0.4) is 0 Å². The van der Waals surface area contributed by atoms with Crippen molar-refractivity contribution in [2.45, 2.75) is 12.1 Å². The molecule has 22 heavy (non-hydrogen) atoms. The summed E-state index contributed by atoms with van der Waals surface area (Å²) in [6.45, 7) is 0. The summed E-state index contributed by atoms with van der Waals surface area (Å²) in [5, 5.41) is 0.376. The smallest absolute Gasteiger partial charge is 0.247 e. The van der Waals surface area contributed by atoms with E-state index in [0.717, 1.165) is 0 Å². The van der Waals surface area contributed by atoms with Gasteiger partial charge in [0.15, 0.2) is 0 Å². The van der Waals surface area contributed by atoms with Crippen LogP contribution >= 0.6 is 11.6 Å². The van der Waals surface area contributed by atoms with Gasteiger partial charge in [-0.2, -0.15) is 0 Å². The van der Waals surface area contributed by atoms with Crippen LogP contribution in [0.2, 0.25) is 5.02 Å². The third-order valence-corrected chi connectivity index (χ3v) is 4.07. The van der Waals surface area contributed by atoms with Gasteiger partial charge in [-0.05, 0) is 24.3 Å². The number of β-lactam (4-membered cyclic amide) rings is 1. The molecular formula is C16H14ClFN2O2. The highest BCUT2D eigenvalue weighted by Gasteiger charge is 2.47. The van der Waals surface area contributed by atoms with E-state index in [9.17, 15) is 9.18 Å². The van der Waals surface area contributed by atoms with Crippen molar-refractivity contribution in [2.75, 3.05) is 12.0 Å². The van der Waals surface area contributed by atoms with Gasteiger partial charge < -0.3 is 15.4 Å². The standard InChI is InChI=1S/C16H14ClFN2O2/c1-22-13-7-6-9(8-11(13)17)20-15(14(19)16(20)21)10-4-2-3-5-12(10)18/h2-8,14-15H,19H2,1H3. The number of hydrogen-bond acceptors (Lipinski definition) is 3. The first-order valence-electron chi connectivity index (χ1n) is 6.71. The molecule has 0 saturated carbocycles. The molecule has 2 atom stereocenters. The summed E-state index contributed by atoms with van der Waals surface area (Å²) in [5.41, 5.74) is 6.82. The molecule has 2 N–H and O–H groups in total. The first-order chi connectivity index (χ1) is 10.5. The maximum atomic E-state index is 14.0. The Kier molecular flexibility index (Phi) is 3.76. The van der Waals surface area contributed by atoms with Gasteiger partial charge in [0.2, 0.25) is 5.91 Å². The lowest BCUT2D eigenvalue weighted by Gasteiger charge is -2.45. The molecule has 0 radical (unpaired) electrons. The van der Waals surface area contributed by atoms with Crippen molar-refractivity contribution >= 4 is 23.2 Å². The highest BCUT2D eigenvalue weighted by molar-refractivity contribution is 6.32. The van der Waals surface area contributed by atoms with Gasteiger partial charge in [-0.1, -0.05) is 29.8 Å². The van der Waals surface area contributed by atoms with E-state index < -0.39 is 12.1 Å². The predicted octanol–water partition coefficient (Wildman–Crippen LogP) is 2.90. The first-order valence-corrected chi connectivity index (χ1v) is 7.09. The number of nitrogens with zero attached hydrogens (tertiary/aromatic N) is 1. The summed E-state index contributed by atoms with van der Waals surface area (Å²) in [6, 6.07) is 9.95. The second-order valence-corrected chi connectivity index (χ2v) is 5.43. The van der Waals surface area contributed by atoms with Crippen LogP contribution in [0.4, 0.5) is 10.1 Å². The maximum Gasteiger partial charge on any atom is 0.247 e. The average Bonchev–Trinajstić information content (AvgIpc) is 2.52. The Bertz CT molecular complexity index is 738. The second-order valence-electron chi connectivity index (χ2n) is 5.02. The largest absolute Gasteiger partial charge is 0.495 e. The van der Waals surface area contributed by atoms with E-state index in [4.69, 9.17) is 22.1 Å². The van der Waals surface area contributed by atoms with E-state index in [0.29, 0.717) is 22.0 Å². The molecule has 4 nitrogen and oxygen atoms in total. The zero-order valence-electron chi connectivity index (χ0n) is 11.8. The minimum absolute atomic E-state index is 0.269. The Balaban J connectivity index is 2.00. The van der Waals surface area contributed by atoms with Gasteiger partial charge in [-0.3, -0.25) is 4.79 Å². The van der Waals surface area contributed by atoms with Crippen LogP contribution in [0.1, 0.15) is 11.6 Å². The number of ether oxygens (including phenoxy) is 1. The van der Waals surface area contributed by atoms with E-state index >= 15 is 0 Å². The molecule has 0 bridgehead atoms. The molecule has 6 heteroatoms. The molecule has 1 fully saturated rings. The van der Waals surface area contributed by atoms with Gasteiger partial charge in [-0.25, -0.2) is 4.39 Å². The number of benzene rings is 2. The third kappa shape index (κ3) is 2.23. The van der Waals surface area contributed by atoms with Crippen molar-refractivity contribution in [2.24, 2.45) is 5.73 Å². The molecule has 114 valence electrons. The van der Waals surface area contributed by atoms with E-state index in [2.05, 4.69) is 0 Å². The van der Waals surface area contributed by atoms with E-state index in [-0.39, 0.29) is 11.7 Å². The van der Waals surface area contributed by atoms with Crippen LogP contribution in [0, 0.1) is 5.82 Å². The minimum Gasteiger partial charge on any atom is -0.495 e. The van der Waals surface area contributed by atoms with Gasteiger partial charge in [0.1, 0.15) is 17.6 Å². The van der Waals surface area contributed by atoms with Crippen LogP contribution in [0.15, 0.2) is 42.5 Å². The molecule has 2 aromatic carbocycles. The molecule has 1 amide bonds. The number of amides is 1. The van der Waals surface area contributed by atoms with E-state index in [1.807, 2.05) is 0 Å². The molecule has 1 heterocycles. The molecule has 3 rings (SSSR count). The normalized spacial score (nSPS) is 20.7. The van der Waals surface area contributed by atoms with Crippen molar-refractivity contribution in [1.29, 1.82) is 0 Å². The third-order valence-electron chi connectivity index (χ3n) is 3.78. The number of anilines is 1. The van der Waals surface area contributed by atoms with Gasteiger partial charge in [0.05, 0.1) is 18.2 Å². The van der Waals surface area contributed by atoms with Crippen molar-refractivity contribution in [1.82, 2.24) is 0 Å². The quantitative estimate of drug-likeness (QED) is 0.885. The van der Waals surface area contributed by atoms with Crippen LogP contribution in [0.5, 0.6) is 5.75 Å². The van der Waals surface area contributed by atoms with E-state index in [1.165, 1.54) is 18.1 Å². The van der Waals surface area contributed by atoms with Crippen LogP contribution in [0.25, 0.3) is 0 Å². The Labute approximate surface area is 132 Å². The first kappa shape index (κ1) is 14.8. The Morgan fingerprint density at radius 1 is 1.27 bits per heavy atom. The van der Waals surface area contributed by atoms with Gasteiger partial charge in [0.25, 0.3) is 0 Å². The SMILES string of the molecule is COc1ccc(N2C(=O)C(N)C2c2ccccc2F)cc1Cl. The van der Waals surface area contributed by atoms with E-state index in [1.54, 1.807) is 36.4 Å². The maximum absolute atomic E-state index is 14.0. The minimum atomic E-state index is -0.766. The summed E-state index contributed by atoms with van der Waals surface area (Å²) >= 11 is 6.10. The summed E-state index contributed by atoms with van der Waals surface area (Å²) in [6.07, 6.45) is 0. The molecule has 0 aromatic heterocycles. The van der Waals surface area contributed by atoms with Crippen LogP contribution in [-0.4, -0.2) is 19.1 Å². The fourth-order valence-electron chi connectivity index (χ4n) is 2.65. The van der Waals surface area contributed by atoms with Crippen LogP contribution < -0.4 is 15.4 Å². The zero-order chi connectivity index (χ0) is 15.9. The number of methoxy groups -OCH3 is 1. The number of carbonyl (C=O) groups is 1. The number of nitrogens with two attached hydrogens (primary N) is 1. The lowest BCUT2D eigenvalue weighted by Crippen LogP contribution is -2.63. The monoisotopic (exact) mass is 320 g/mol. The van der Waals surface area contributed by atoms with Crippen molar-refractivity contribution in [3.8, 4) is 5.75 Å². The van der Waals surface area contributed by atoms with Crippen LogP contribution in [-0.2, 0) is 4.79 Å². The lowest BCUT2D eigenvalue weighted by molar-refractivity contribution is -0.126. The predicted molar refractivity (Wildman–Crippen MR) is 82.6 cm³/mol. The zero-order valence-corrected chi connectivity index (χ0v) is 12.5. The molecular weight excluding hydrogens is 307 g/mol. The summed E-state index contributed by atoms with van der Waals surface area (Å²) < 4.78 is 19.1. The topological polar surface area (TPSA) is 55.6 Å². The molecule has 2 unspecified atom stereocenters. The molecule has 0 aliphatic carbocycles. The number of halogens is 2. The molecule has 0 spiro atoms. The molecule has 1 aliphatic rings.